The zero-order chi connectivity index (χ0) is 11.1. The molecule has 2 aliphatic rings. The molecular weight excluding hydrogens is 226 g/mol. The van der Waals surface area contributed by atoms with Gasteiger partial charge in [-0.05, 0) is 18.2 Å². The number of halogens is 1. The van der Waals surface area contributed by atoms with Gasteiger partial charge < -0.3 is 15.5 Å². The number of fused-ring (bicyclic) bond motifs is 3. The summed E-state index contributed by atoms with van der Waals surface area (Å²) in [6, 6.07) is 5.45. The lowest BCUT2D eigenvalue weighted by Gasteiger charge is -2.41. The molecule has 16 heavy (non-hydrogen) atoms. The zero-order valence-corrected chi connectivity index (χ0v) is 9.42. The Balaban J connectivity index is 2.07. The number of nitrogens with one attached hydrogen (secondary N) is 2. The summed E-state index contributed by atoms with van der Waals surface area (Å²) in [6.07, 6.45) is 0. The normalized spacial score (nSPS) is 23.4. The number of carbonyl (C=O) groups is 1. The van der Waals surface area contributed by atoms with Crippen LogP contribution in [0.4, 0.5) is 11.4 Å². The highest BCUT2D eigenvalue weighted by Gasteiger charge is 2.34. The molecular formula is C11H12ClN3O. The van der Waals surface area contributed by atoms with Crippen molar-refractivity contribution in [1.29, 1.82) is 0 Å². The number of hydrogen-bond acceptors (Lipinski definition) is 3. The first-order valence-electron chi connectivity index (χ1n) is 5.33. The molecule has 5 heteroatoms. The minimum atomic E-state index is -0.111. The highest BCUT2D eigenvalue weighted by Crippen LogP contribution is 2.34. The number of benzene rings is 1. The largest absolute Gasteiger partial charge is 0.355 e. The first-order valence-corrected chi connectivity index (χ1v) is 5.71. The van der Waals surface area contributed by atoms with Gasteiger partial charge in [0, 0.05) is 24.7 Å². The van der Waals surface area contributed by atoms with E-state index in [1.165, 1.54) is 0 Å². The second-order valence-corrected chi connectivity index (χ2v) is 4.50. The molecule has 0 saturated carbocycles. The number of amides is 1. The second-order valence-electron chi connectivity index (χ2n) is 4.06. The van der Waals surface area contributed by atoms with Crippen molar-refractivity contribution in [3.63, 3.8) is 0 Å². The highest BCUT2D eigenvalue weighted by atomic mass is 35.5. The third kappa shape index (κ3) is 1.45. The minimum Gasteiger partial charge on any atom is -0.355 e. The summed E-state index contributed by atoms with van der Waals surface area (Å²) < 4.78 is 0. The molecule has 0 bridgehead atoms. The molecule has 2 N–H and O–H groups in total. The van der Waals surface area contributed by atoms with E-state index in [2.05, 4.69) is 15.5 Å². The smallest absolute Gasteiger partial charge is 0.248 e. The van der Waals surface area contributed by atoms with Crippen molar-refractivity contribution >= 4 is 28.9 Å². The van der Waals surface area contributed by atoms with Gasteiger partial charge in [0.25, 0.3) is 0 Å². The maximum absolute atomic E-state index is 11.9. The van der Waals surface area contributed by atoms with E-state index < -0.39 is 0 Å². The predicted molar refractivity (Wildman–Crippen MR) is 64.1 cm³/mol. The summed E-state index contributed by atoms with van der Waals surface area (Å²) in [5, 5.41) is 6.83. The fraction of sp³-hybridized carbons (Fsp3) is 0.364. The topological polar surface area (TPSA) is 44.4 Å². The SMILES string of the molecule is O=C1Nc2ccc(Cl)cc2N2CCNC[C@H]12. The van der Waals surface area contributed by atoms with Crippen molar-refractivity contribution in [1.82, 2.24) is 5.32 Å². The summed E-state index contributed by atoms with van der Waals surface area (Å²) in [5.41, 5.74) is 1.88. The van der Waals surface area contributed by atoms with Gasteiger partial charge in [0.1, 0.15) is 6.04 Å². The molecule has 1 fully saturated rings. The lowest BCUT2D eigenvalue weighted by Crippen LogP contribution is -2.58. The quantitative estimate of drug-likeness (QED) is 0.710. The fourth-order valence-corrected chi connectivity index (χ4v) is 2.46. The molecule has 0 aliphatic carbocycles. The first kappa shape index (κ1) is 9.93. The van der Waals surface area contributed by atoms with Gasteiger partial charge in [-0.3, -0.25) is 4.79 Å². The van der Waals surface area contributed by atoms with Crippen molar-refractivity contribution in [3.8, 4) is 0 Å². The summed E-state index contributed by atoms with van der Waals surface area (Å²) in [6.45, 7) is 2.43. The lowest BCUT2D eigenvalue weighted by molar-refractivity contribution is -0.117. The second kappa shape index (κ2) is 3.64. The van der Waals surface area contributed by atoms with Gasteiger partial charge in [-0.25, -0.2) is 0 Å². The molecule has 1 amide bonds. The van der Waals surface area contributed by atoms with Crippen molar-refractivity contribution < 1.29 is 4.79 Å². The Kier molecular flexibility index (Phi) is 2.26. The third-order valence-electron chi connectivity index (χ3n) is 3.07. The summed E-state index contributed by atoms with van der Waals surface area (Å²) in [7, 11) is 0. The van der Waals surface area contributed by atoms with Crippen LogP contribution in [0.25, 0.3) is 0 Å². The molecule has 1 aromatic rings. The monoisotopic (exact) mass is 237 g/mol. The first-order chi connectivity index (χ1) is 7.75. The summed E-state index contributed by atoms with van der Waals surface area (Å²) >= 11 is 5.99. The van der Waals surface area contributed by atoms with Crippen LogP contribution in [0.15, 0.2) is 18.2 Å². The average molecular weight is 238 g/mol. The molecule has 0 unspecified atom stereocenters. The Morgan fingerprint density at radius 2 is 2.31 bits per heavy atom. The molecule has 2 aliphatic heterocycles. The lowest BCUT2D eigenvalue weighted by atomic mass is 10.1. The van der Waals surface area contributed by atoms with Crippen LogP contribution in [-0.4, -0.2) is 31.6 Å². The van der Waals surface area contributed by atoms with Crippen molar-refractivity contribution in [2.75, 3.05) is 29.9 Å². The maximum Gasteiger partial charge on any atom is 0.248 e. The molecule has 0 aromatic heterocycles. The van der Waals surface area contributed by atoms with E-state index in [1.54, 1.807) is 6.07 Å². The van der Waals surface area contributed by atoms with Gasteiger partial charge in [-0.2, -0.15) is 0 Å². The van der Waals surface area contributed by atoms with E-state index in [4.69, 9.17) is 11.6 Å². The van der Waals surface area contributed by atoms with Crippen LogP contribution in [0, 0.1) is 0 Å². The van der Waals surface area contributed by atoms with Gasteiger partial charge in [-0.1, -0.05) is 11.6 Å². The van der Waals surface area contributed by atoms with E-state index in [1.807, 2.05) is 12.1 Å². The minimum absolute atomic E-state index is 0.0574. The number of carbonyl (C=O) groups excluding carboxylic acids is 1. The van der Waals surface area contributed by atoms with Crippen molar-refractivity contribution in [2.45, 2.75) is 6.04 Å². The number of anilines is 2. The van der Waals surface area contributed by atoms with Crippen molar-refractivity contribution in [3.05, 3.63) is 23.2 Å². The van der Waals surface area contributed by atoms with Crippen LogP contribution < -0.4 is 15.5 Å². The molecule has 0 radical (unpaired) electrons. The Bertz CT molecular complexity index is 449. The van der Waals surface area contributed by atoms with Gasteiger partial charge in [0.05, 0.1) is 11.4 Å². The molecule has 84 valence electrons. The molecule has 1 aromatic carbocycles. The van der Waals surface area contributed by atoms with E-state index in [0.717, 1.165) is 24.5 Å². The molecule has 2 heterocycles. The molecule has 0 spiro atoms. The average Bonchev–Trinajstić information content (AvgIpc) is 2.31. The van der Waals surface area contributed by atoms with E-state index in [9.17, 15) is 4.79 Å². The van der Waals surface area contributed by atoms with E-state index in [0.29, 0.717) is 11.6 Å². The highest BCUT2D eigenvalue weighted by molar-refractivity contribution is 6.31. The van der Waals surface area contributed by atoms with E-state index >= 15 is 0 Å². The predicted octanol–water partition coefficient (Wildman–Crippen LogP) is 1.07. The summed E-state index contributed by atoms with van der Waals surface area (Å²) in [4.78, 5) is 14.0. The van der Waals surface area contributed by atoms with Crippen LogP contribution in [0.1, 0.15) is 0 Å². The van der Waals surface area contributed by atoms with Crippen molar-refractivity contribution in [2.24, 2.45) is 0 Å². The summed E-state index contributed by atoms with van der Waals surface area (Å²) in [5.74, 6) is 0.0574. The standard InChI is InChI=1S/C11H12ClN3O/c12-7-1-2-8-9(5-7)15-4-3-13-6-10(15)11(16)14-8/h1-2,5,10,13H,3-4,6H2,(H,14,16)/t10-/m1/s1. The fourth-order valence-electron chi connectivity index (χ4n) is 2.29. The molecule has 1 saturated heterocycles. The Labute approximate surface area is 98.6 Å². The van der Waals surface area contributed by atoms with Crippen LogP contribution >= 0.6 is 11.6 Å². The number of hydrogen-bond donors (Lipinski definition) is 2. The number of piperazine rings is 1. The van der Waals surface area contributed by atoms with E-state index in [-0.39, 0.29) is 11.9 Å². The number of rotatable bonds is 0. The third-order valence-corrected chi connectivity index (χ3v) is 3.31. The van der Waals surface area contributed by atoms with Gasteiger partial charge in [-0.15, -0.1) is 0 Å². The Morgan fingerprint density at radius 1 is 1.44 bits per heavy atom. The van der Waals surface area contributed by atoms with Gasteiger partial charge in [0.2, 0.25) is 5.91 Å². The zero-order valence-electron chi connectivity index (χ0n) is 8.66. The molecule has 4 nitrogen and oxygen atoms in total. The Hall–Kier alpha value is -1.26. The molecule has 1 atom stereocenters. The van der Waals surface area contributed by atoms with Crippen LogP contribution in [0.5, 0.6) is 0 Å². The molecule has 3 rings (SSSR count). The van der Waals surface area contributed by atoms with Gasteiger partial charge in [0.15, 0.2) is 0 Å². The Morgan fingerprint density at radius 3 is 3.19 bits per heavy atom. The maximum atomic E-state index is 11.9. The van der Waals surface area contributed by atoms with Crippen LogP contribution in [0.3, 0.4) is 0 Å². The van der Waals surface area contributed by atoms with Crippen LogP contribution in [-0.2, 0) is 4.79 Å². The van der Waals surface area contributed by atoms with Gasteiger partial charge >= 0.3 is 0 Å². The number of nitrogens with zero attached hydrogens (tertiary/aromatic N) is 1. The van der Waals surface area contributed by atoms with Crippen LogP contribution in [0.2, 0.25) is 5.02 Å².